The van der Waals surface area contributed by atoms with Crippen LogP contribution in [0.5, 0.6) is 11.5 Å². The predicted molar refractivity (Wildman–Crippen MR) is 157 cm³/mol. The molecule has 14 heteroatoms. The number of fused-ring (bicyclic) bond motifs is 2. The summed E-state index contributed by atoms with van der Waals surface area (Å²) in [5.41, 5.74) is 0.845. The number of aromatic nitrogens is 2. The van der Waals surface area contributed by atoms with Gasteiger partial charge in [-0.2, -0.15) is 13.2 Å². The molecule has 0 fully saturated rings. The smallest absolute Gasteiger partial charge is 0.424 e. The molecule has 1 aliphatic rings. The second-order valence-corrected chi connectivity index (χ2v) is 11.1. The van der Waals surface area contributed by atoms with Crippen molar-refractivity contribution in [2.24, 2.45) is 5.73 Å². The van der Waals surface area contributed by atoms with Crippen molar-refractivity contribution < 1.29 is 41.7 Å². The van der Waals surface area contributed by atoms with Gasteiger partial charge in [0.15, 0.2) is 0 Å². The van der Waals surface area contributed by atoms with E-state index in [1.807, 2.05) is 6.92 Å². The number of rotatable bonds is 8. The lowest BCUT2D eigenvalue weighted by molar-refractivity contribution is -0.265. The van der Waals surface area contributed by atoms with Crippen LogP contribution in [0.25, 0.3) is 22.2 Å². The number of benzene rings is 2. The second kappa shape index (κ2) is 11.5. The maximum Gasteiger partial charge on any atom is 0.424 e. The Kier molecular flexibility index (Phi) is 8.13. The van der Waals surface area contributed by atoms with Gasteiger partial charge in [0.05, 0.1) is 19.3 Å². The van der Waals surface area contributed by atoms with Crippen LogP contribution < -0.4 is 20.5 Å². The Morgan fingerprint density at radius 1 is 1.13 bits per heavy atom. The topological polar surface area (TPSA) is 137 Å². The van der Waals surface area contributed by atoms with Crippen LogP contribution in [0.3, 0.4) is 0 Å². The maximum absolute atomic E-state index is 14.8. The van der Waals surface area contributed by atoms with Gasteiger partial charge in [0, 0.05) is 33.7 Å². The molecule has 2 amide bonds. The highest BCUT2D eigenvalue weighted by molar-refractivity contribution is 6.21. The Hall–Kier alpha value is -4.49. The monoisotopic (exact) mass is 646 g/mol. The number of alkyl halides is 4. The largest absolute Gasteiger partial charge is 0.494 e. The van der Waals surface area contributed by atoms with E-state index in [0.29, 0.717) is 10.9 Å². The molecule has 0 unspecified atom stereocenters. The molecule has 4 N–H and O–H groups in total. The zero-order valence-corrected chi connectivity index (χ0v) is 24.9. The van der Waals surface area contributed by atoms with Crippen LogP contribution in [0.4, 0.5) is 17.6 Å². The molecule has 0 radical (unpaired) electrons. The maximum atomic E-state index is 14.8. The molecule has 0 aliphatic carbocycles. The quantitative estimate of drug-likeness (QED) is 0.188. The van der Waals surface area contributed by atoms with Crippen molar-refractivity contribution in [2.75, 3.05) is 26.1 Å². The normalized spacial score (nSPS) is 17.4. The van der Waals surface area contributed by atoms with Crippen LogP contribution >= 0.6 is 11.6 Å². The van der Waals surface area contributed by atoms with Crippen molar-refractivity contribution >= 4 is 34.3 Å². The molecule has 2 atom stereocenters. The minimum absolute atomic E-state index is 0.0499. The number of carbonyl (C=O) groups excluding carboxylic acids is 2. The standard InChI is InChI=1S/C31H27ClF4N4O5/c1-15-8-18-9-19(10-22(44-3)24(18)39-16(15)2)27(41)38-13-30(43,31(34,35)36)23-11-21-26(45-14-29(21,12-32)28(37)42)25(40-23)17-4-6-20(33)7-5-17/h4-11,43H,12-14H2,1-3H3,(H2,37,42)(H,38,41)/t29-,30-/m0/s1. The fraction of sp³-hybridized carbons (Fsp3) is 0.290. The summed E-state index contributed by atoms with van der Waals surface area (Å²) in [5, 5.41) is 14.0. The van der Waals surface area contributed by atoms with Crippen molar-refractivity contribution in [1.29, 1.82) is 0 Å². The number of pyridine rings is 2. The lowest BCUT2D eigenvalue weighted by Gasteiger charge is -2.31. The van der Waals surface area contributed by atoms with Crippen LogP contribution in [-0.2, 0) is 15.8 Å². The molecule has 1 aliphatic heterocycles. The molecule has 9 nitrogen and oxygen atoms in total. The van der Waals surface area contributed by atoms with Crippen LogP contribution in [0.1, 0.15) is 32.9 Å². The van der Waals surface area contributed by atoms with Gasteiger partial charge in [-0.3, -0.25) is 9.59 Å². The molecule has 0 saturated carbocycles. The van der Waals surface area contributed by atoms with Gasteiger partial charge in [0.25, 0.3) is 5.91 Å². The van der Waals surface area contributed by atoms with Gasteiger partial charge < -0.3 is 25.6 Å². The van der Waals surface area contributed by atoms with E-state index in [9.17, 15) is 32.3 Å². The molecular formula is C31H27ClF4N4O5. The van der Waals surface area contributed by atoms with Crippen LogP contribution in [-0.4, -0.2) is 59.2 Å². The molecule has 0 spiro atoms. The van der Waals surface area contributed by atoms with Crippen LogP contribution in [0, 0.1) is 19.7 Å². The van der Waals surface area contributed by atoms with Crippen molar-refractivity contribution in [1.82, 2.24) is 15.3 Å². The number of aliphatic hydroxyl groups is 1. The number of carbonyl (C=O) groups is 2. The number of nitrogens with zero attached hydrogens (tertiary/aromatic N) is 2. The molecule has 2 aromatic carbocycles. The Morgan fingerprint density at radius 2 is 1.82 bits per heavy atom. The van der Waals surface area contributed by atoms with Gasteiger partial charge in [-0.1, -0.05) is 0 Å². The Labute approximate surface area is 259 Å². The molecule has 236 valence electrons. The van der Waals surface area contributed by atoms with E-state index in [4.69, 9.17) is 26.8 Å². The molecule has 0 saturated heterocycles. The number of nitrogens with two attached hydrogens (primary N) is 1. The summed E-state index contributed by atoms with van der Waals surface area (Å²) >= 11 is 6.11. The van der Waals surface area contributed by atoms with Gasteiger partial charge in [-0.05, 0) is 67.9 Å². The number of halogens is 5. The lowest BCUT2D eigenvalue weighted by Crippen LogP contribution is -2.52. The summed E-state index contributed by atoms with van der Waals surface area (Å²) in [6.07, 6.45) is -5.39. The number of primary amides is 1. The summed E-state index contributed by atoms with van der Waals surface area (Å²) in [6.45, 7) is 1.84. The zero-order chi connectivity index (χ0) is 32.9. The molecule has 5 rings (SSSR count). The van der Waals surface area contributed by atoms with Crippen molar-refractivity contribution in [3.8, 4) is 22.8 Å². The SMILES string of the molecule is COc1cc(C(=O)NC[C@](O)(c2cc3c(c(-c4ccc(F)cc4)n2)OC[C@]3(CCl)C(N)=O)C(F)(F)F)cc2cc(C)c(C)nc12. The van der Waals surface area contributed by atoms with Gasteiger partial charge in [0.1, 0.15) is 40.5 Å². The van der Waals surface area contributed by atoms with Gasteiger partial charge in [-0.25, -0.2) is 14.4 Å². The van der Waals surface area contributed by atoms with Crippen molar-refractivity contribution in [2.45, 2.75) is 31.0 Å². The summed E-state index contributed by atoms with van der Waals surface area (Å²) in [5.74, 6) is -2.89. The van der Waals surface area contributed by atoms with Crippen molar-refractivity contribution in [3.63, 3.8) is 0 Å². The number of hydrogen-bond acceptors (Lipinski definition) is 7. The number of amides is 2. The number of ether oxygens (including phenoxy) is 2. The van der Waals surface area contributed by atoms with Gasteiger partial charge in [-0.15, -0.1) is 11.6 Å². The summed E-state index contributed by atoms with van der Waals surface area (Å²) in [6, 6.07) is 9.98. The molecule has 0 bridgehead atoms. The van der Waals surface area contributed by atoms with Crippen molar-refractivity contribution in [3.05, 3.63) is 82.4 Å². The number of hydrogen-bond donors (Lipinski definition) is 3. The Bertz CT molecular complexity index is 1840. The fourth-order valence-electron chi connectivity index (χ4n) is 5.09. The first-order valence-corrected chi connectivity index (χ1v) is 14.0. The third-order valence-electron chi connectivity index (χ3n) is 7.98. The average molecular weight is 647 g/mol. The molecule has 3 heterocycles. The molecular weight excluding hydrogens is 620 g/mol. The number of methoxy groups -OCH3 is 1. The average Bonchev–Trinajstić information content (AvgIpc) is 3.39. The van der Waals surface area contributed by atoms with E-state index >= 15 is 0 Å². The van der Waals surface area contributed by atoms with E-state index in [2.05, 4.69) is 15.3 Å². The van der Waals surface area contributed by atoms with Gasteiger partial charge in [0.2, 0.25) is 11.5 Å². The summed E-state index contributed by atoms with van der Waals surface area (Å²) in [4.78, 5) is 34.4. The Balaban J connectivity index is 1.60. The molecule has 45 heavy (non-hydrogen) atoms. The molecule has 2 aromatic heterocycles. The van der Waals surface area contributed by atoms with E-state index in [1.165, 1.54) is 31.4 Å². The highest BCUT2D eigenvalue weighted by atomic mass is 35.5. The van der Waals surface area contributed by atoms with Crippen LogP contribution in [0.2, 0.25) is 0 Å². The first kappa shape index (κ1) is 31.9. The summed E-state index contributed by atoms with van der Waals surface area (Å²) in [7, 11) is 1.37. The third kappa shape index (κ3) is 5.39. The predicted octanol–water partition coefficient (Wildman–Crippen LogP) is 4.60. The summed E-state index contributed by atoms with van der Waals surface area (Å²) < 4.78 is 69.0. The van der Waals surface area contributed by atoms with Crippen LogP contribution in [0.15, 0.2) is 48.5 Å². The first-order chi connectivity index (χ1) is 21.1. The van der Waals surface area contributed by atoms with Gasteiger partial charge >= 0.3 is 6.18 Å². The van der Waals surface area contributed by atoms with E-state index in [1.54, 1.807) is 13.0 Å². The highest BCUT2D eigenvalue weighted by Crippen LogP contribution is 2.48. The second-order valence-electron chi connectivity index (χ2n) is 10.8. The van der Waals surface area contributed by atoms with E-state index in [-0.39, 0.29) is 33.9 Å². The first-order valence-electron chi connectivity index (χ1n) is 13.5. The fourth-order valence-corrected chi connectivity index (χ4v) is 5.44. The minimum Gasteiger partial charge on any atom is -0.494 e. The van der Waals surface area contributed by atoms with E-state index < -0.39 is 59.5 Å². The lowest BCUT2D eigenvalue weighted by atomic mass is 9.81. The number of nitrogens with one attached hydrogen (secondary N) is 1. The van der Waals surface area contributed by atoms with E-state index in [0.717, 1.165) is 29.5 Å². The minimum atomic E-state index is -5.39. The zero-order valence-electron chi connectivity index (χ0n) is 24.2. The number of aryl methyl sites for hydroxylation is 2. The Morgan fingerprint density at radius 3 is 2.42 bits per heavy atom. The third-order valence-corrected chi connectivity index (χ3v) is 8.43. The molecule has 4 aromatic rings. The highest BCUT2D eigenvalue weighted by Gasteiger charge is 2.58.